The third kappa shape index (κ3) is 3.86. The Balaban J connectivity index is 2.85. The molecule has 0 radical (unpaired) electrons. The highest BCUT2D eigenvalue weighted by molar-refractivity contribution is 6.32. The zero-order valence-corrected chi connectivity index (χ0v) is 11.7. The number of alkyl halides is 3. The number of hydrogen-bond acceptors (Lipinski definition) is 3. The highest BCUT2D eigenvalue weighted by Gasteiger charge is 2.50. The summed E-state index contributed by atoms with van der Waals surface area (Å²) in [4.78, 5) is 11.7. The Kier molecular flexibility index (Phi) is 5.05. The smallest absolute Gasteiger partial charge is 0.417 e. The van der Waals surface area contributed by atoms with Crippen LogP contribution in [0.15, 0.2) is 18.2 Å². The van der Waals surface area contributed by atoms with Gasteiger partial charge in [-0.15, -0.1) is 0 Å². The second-order valence-electron chi connectivity index (χ2n) is 4.60. The maximum Gasteiger partial charge on any atom is 0.417 e. The lowest BCUT2D eigenvalue weighted by Crippen LogP contribution is -2.44. The normalized spacial score (nSPS) is 14.8. The van der Waals surface area contributed by atoms with Crippen LogP contribution in [-0.2, 0) is 11.2 Å². The van der Waals surface area contributed by atoms with Gasteiger partial charge in [-0.3, -0.25) is 4.79 Å². The first-order valence-electron chi connectivity index (χ1n) is 5.70. The van der Waals surface area contributed by atoms with Crippen molar-refractivity contribution in [3.05, 3.63) is 28.8 Å². The quantitative estimate of drug-likeness (QED) is 0.908. The lowest BCUT2D eigenvalue weighted by Gasteiger charge is -2.25. The third-order valence-corrected chi connectivity index (χ3v) is 3.09. The van der Waals surface area contributed by atoms with Crippen molar-refractivity contribution < 1.29 is 27.8 Å². The Hall–Kier alpha value is -1.27. The van der Waals surface area contributed by atoms with Crippen molar-refractivity contribution in [1.82, 2.24) is 0 Å². The molecule has 1 aromatic rings. The number of ether oxygens (including phenoxy) is 1. The minimum atomic E-state index is -4.86. The molecule has 0 aliphatic heterocycles. The fourth-order valence-electron chi connectivity index (χ4n) is 1.68. The van der Waals surface area contributed by atoms with Gasteiger partial charge < -0.3 is 9.84 Å². The van der Waals surface area contributed by atoms with Crippen LogP contribution in [0.5, 0.6) is 5.75 Å². The molecular formula is C13H14ClF3O3. The average molecular weight is 311 g/mol. The number of aliphatic hydroxyl groups is 1. The summed E-state index contributed by atoms with van der Waals surface area (Å²) in [5.74, 6) is -0.512. The fourth-order valence-corrected chi connectivity index (χ4v) is 1.95. The second-order valence-corrected chi connectivity index (χ2v) is 5.00. The molecular weight excluding hydrogens is 297 g/mol. The number of rotatable bonds is 5. The third-order valence-electron chi connectivity index (χ3n) is 2.79. The number of para-hydroxylation sites is 1. The fraction of sp³-hybridized carbons (Fsp3) is 0.462. The number of Topliss-reactive ketones (excluding diaryl/α,β-unsaturated/α-hetero) is 1. The molecule has 0 aliphatic rings. The first-order valence-corrected chi connectivity index (χ1v) is 6.08. The van der Waals surface area contributed by atoms with E-state index < -0.39 is 24.0 Å². The topological polar surface area (TPSA) is 46.5 Å². The van der Waals surface area contributed by atoms with E-state index in [1.165, 1.54) is 13.2 Å². The molecule has 1 rings (SSSR count). The van der Waals surface area contributed by atoms with E-state index in [0.717, 1.165) is 0 Å². The maximum atomic E-state index is 12.5. The van der Waals surface area contributed by atoms with Gasteiger partial charge in [-0.25, -0.2) is 0 Å². The lowest BCUT2D eigenvalue weighted by molar-refractivity contribution is -0.253. The molecule has 1 N–H and O–H groups in total. The summed E-state index contributed by atoms with van der Waals surface area (Å²) < 4.78 is 42.5. The SMILES string of the molecule is COc1c(Cl)cccc1CC(=O)CC(C)(O)C(F)(F)F. The van der Waals surface area contributed by atoms with Gasteiger partial charge >= 0.3 is 6.18 Å². The molecule has 0 aliphatic carbocycles. The largest absolute Gasteiger partial charge is 0.495 e. The van der Waals surface area contributed by atoms with E-state index in [4.69, 9.17) is 16.3 Å². The first kappa shape index (κ1) is 16.8. The van der Waals surface area contributed by atoms with Crippen LogP contribution in [0.4, 0.5) is 13.2 Å². The summed E-state index contributed by atoms with van der Waals surface area (Å²) in [7, 11) is 1.35. The van der Waals surface area contributed by atoms with Crippen LogP contribution in [0.2, 0.25) is 5.02 Å². The average Bonchev–Trinajstić information content (AvgIpc) is 2.26. The van der Waals surface area contributed by atoms with Crippen molar-refractivity contribution in [3.63, 3.8) is 0 Å². The van der Waals surface area contributed by atoms with Gasteiger partial charge in [0.25, 0.3) is 0 Å². The van der Waals surface area contributed by atoms with Crippen molar-refractivity contribution >= 4 is 17.4 Å². The number of carbonyl (C=O) groups excluding carboxylic acids is 1. The number of benzene rings is 1. The number of hydrogen-bond donors (Lipinski definition) is 1. The predicted octanol–water partition coefficient (Wildman–Crippen LogP) is 3.16. The number of methoxy groups -OCH3 is 1. The number of carbonyl (C=O) groups is 1. The van der Waals surface area contributed by atoms with Gasteiger partial charge in [0, 0.05) is 18.4 Å². The second kappa shape index (κ2) is 6.01. The summed E-state index contributed by atoms with van der Waals surface area (Å²) in [6.07, 6.45) is -6.18. The van der Waals surface area contributed by atoms with Crippen LogP contribution in [-0.4, -0.2) is 29.8 Å². The summed E-state index contributed by atoms with van der Waals surface area (Å²) in [5, 5.41) is 9.54. The van der Waals surface area contributed by atoms with Crippen molar-refractivity contribution in [3.8, 4) is 5.75 Å². The van der Waals surface area contributed by atoms with Gasteiger partial charge in [-0.05, 0) is 13.0 Å². The highest BCUT2D eigenvalue weighted by Crippen LogP contribution is 2.34. The van der Waals surface area contributed by atoms with E-state index in [2.05, 4.69) is 0 Å². The zero-order valence-electron chi connectivity index (χ0n) is 10.9. The van der Waals surface area contributed by atoms with E-state index in [0.29, 0.717) is 12.5 Å². The van der Waals surface area contributed by atoms with Crippen LogP contribution in [0.25, 0.3) is 0 Å². The monoisotopic (exact) mass is 310 g/mol. The van der Waals surface area contributed by atoms with Crippen molar-refractivity contribution in [2.24, 2.45) is 0 Å². The summed E-state index contributed by atoms with van der Waals surface area (Å²) in [6.45, 7) is 0.570. The molecule has 7 heteroatoms. The van der Waals surface area contributed by atoms with Crippen molar-refractivity contribution in [2.45, 2.75) is 31.5 Å². The van der Waals surface area contributed by atoms with Crippen LogP contribution in [0.3, 0.4) is 0 Å². The Labute approximate surface area is 119 Å². The Morgan fingerprint density at radius 1 is 1.40 bits per heavy atom. The molecule has 0 saturated carbocycles. The summed E-state index contributed by atoms with van der Waals surface area (Å²) in [5.41, 5.74) is -2.67. The molecule has 3 nitrogen and oxygen atoms in total. The maximum absolute atomic E-state index is 12.5. The van der Waals surface area contributed by atoms with Gasteiger partial charge in [0.05, 0.1) is 12.1 Å². The molecule has 0 heterocycles. The Morgan fingerprint density at radius 3 is 2.50 bits per heavy atom. The van der Waals surface area contributed by atoms with Crippen LogP contribution in [0, 0.1) is 0 Å². The molecule has 112 valence electrons. The molecule has 1 aromatic carbocycles. The molecule has 0 amide bonds. The molecule has 0 spiro atoms. The van der Waals surface area contributed by atoms with E-state index in [-0.39, 0.29) is 17.2 Å². The molecule has 1 atom stereocenters. The minimum Gasteiger partial charge on any atom is -0.495 e. The summed E-state index contributed by atoms with van der Waals surface area (Å²) in [6, 6.07) is 4.64. The molecule has 20 heavy (non-hydrogen) atoms. The van der Waals surface area contributed by atoms with Crippen LogP contribution >= 0.6 is 11.6 Å². The molecule has 0 bridgehead atoms. The number of ketones is 1. The Bertz CT molecular complexity index is 498. The van der Waals surface area contributed by atoms with Crippen LogP contribution < -0.4 is 4.74 Å². The molecule has 0 fully saturated rings. The van der Waals surface area contributed by atoms with E-state index >= 15 is 0 Å². The highest BCUT2D eigenvalue weighted by atomic mass is 35.5. The van der Waals surface area contributed by atoms with Crippen molar-refractivity contribution in [1.29, 1.82) is 0 Å². The van der Waals surface area contributed by atoms with Gasteiger partial charge in [-0.1, -0.05) is 23.7 Å². The molecule has 0 aromatic heterocycles. The first-order chi connectivity index (χ1) is 9.08. The zero-order chi connectivity index (χ0) is 15.6. The van der Waals surface area contributed by atoms with E-state index in [1.807, 2.05) is 0 Å². The number of halogens is 4. The minimum absolute atomic E-state index is 0.245. The van der Waals surface area contributed by atoms with Gasteiger partial charge in [0.2, 0.25) is 0 Å². The Morgan fingerprint density at radius 2 is 2.00 bits per heavy atom. The standard InChI is InChI=1S/C13H14ClF3O3/c1-12(19,13(15,16)17)7-9(18)6-8-4-3-5-10(14)11(8)20-2/h3-5,19H,6-7H2,1-2H3. The lowest BCUT2D eigenvalue weighted by atomic mass is 9.95. The van der Waals surface area contributed by atoms with E-state index in [9.17, 15) is 23.1 Å². The van der Waals surface area contributed by atoms with Gasteiger partial charge in [0.15, 0.2) is 5.60 Å². The van der Waals surface area contributed by atoms with Crippen molar-refractivity contribution in [2.75, 3.05) is 7.11 Å². The molecule has 0 saturated heterocycles. The summed E-state index contributed by atoms with van der Waals surface area (Å²) >= 11 is 5.85. The predicted molar refractivity (Wildman–Crippen MR) is 68.0 cm³/mol. The van der Waals surface area contributed by atoms with Gasteiger partial charge in [-0.2, -0.15) is 13.2 Å². The van der Waals surface area contributed by atoms with Crippen LogP contribution in [0.1, 0.15) is 18.9 Å². The molecule has 1 unspecified atom stereocenters. The van der Waals surface area contributed by atoms with Gasteiger partial charge in [0.1, 0.15) is 11.5 Å². The van der Waals surface area contributed by atoms with E-state index in [1.54, 1.807) is 12.1 Å².